The third-order valence-corrected chi connectivity index (χ3v) is 10.2. The van der Waals surface area contributed by atoms with E-state index in [1.165, 1.54) is 76.1 Å². The molecule has 8 aromatic rings. The number of hydrogen-bond acceptors (Lipinski definition) is 2. The van der Waals surface area contributed by atoms with Gasteiger partial charge in [-0.3, -0.25) is 0 Å². The molecule has 9 rings (SSSR count). The van der Waals surface area contributed by atoms with Gasteiger partial charge in [0.2, 0.25) is 0 Å². The van der Waals surface area contributed by atoms with Crippen LogP contribution in [0, 0.1) is 0 Å². The van der Waals surface area contributed by atoms with Crippen molar-refractivity contribution < 1.29 is 4.42 Å². The van der Waals surface area contributed by atoms with Crippen LogP contribution in [0.3, 0.4) is 0 Å². The van der Waals surface area contributed by atoms with Crippen molar-refractivity contribution >= 4 is 49.8 Å². The molecular formula is C46H37NO. The zero-order valence-corrected chi connectivity index (χ0v) is 27.0. The Bertz CT molecular complexity index is 2300. The first-order chi connectivity index (χ1) is 23.8. The van der Waals surface area contributed by atoms with Gasteiger partial charge in [0, 0.05) is 32.9 Å². The molecule has 2 nitrogen and oxygen atoms in total. The summed E-state index contributed by atoms with van der Waals surface area (Å²) >= 11 is 0. The van der Waals surface area contributed by atoms with Crippen molar-refractivity contribution in [1.82, 2.24) is 0 Å². The van der Waals surface area contributed by atoms with Crippen molar-refractivity contribution in [3.63, 3.8) is 0 Å². The first kappa shape index (κ1) is 28.6. The van der Waals surface area contributed by atoms with Gasteiger partial charge in [-0.25, -0.2) is 0 Å². The highest BCUT2D eigenvalue weighted by Crippen LogP contribution is 2.47. The fourth-order valence-electron chi connectivity index (χ4n) is 7.93. The average Bonchev–Trinajstić information content (AvgIpc) is 3.55. The minimum absolute atomic E-state index is 0.569. The maximum Gasteiger partial charge on any atom is 0.143 e. The molecule has 0 unspecified atom stereocenters. The monoisotopic (exact) mass is 619 g/mol. The zero-order chi connectivity index (χ0) is 31.9. The maximum absolute atomic E-state index is 6.78. The Morgan fingerprint density at radius 1 is 0.458 bits per heavy atom. The van der Waals surface area contributed by atoms with Crippen LogP contribution in [-0.2, 0) is 0 Å². The minimum atomic E-state index is 0.569. The molecule has 1 aliphatic carbocycles. The van der Waals surface area contributed by atoms with Gasteiger partial charge in [-0.05, 0) is 83.0 Å². The van der Waals surface area contributed by atoms with E-state index in [0.29, 0.717) is 5.92 Å². The molecule has 1 aromatic heterocycles. The largest absolute Gasteiger partial charge is 0.455 e. The molecule has 0 N–H and O–H groups in total. The molecule has 1 aliphatic rings. The predicted octanol–water partition coefficient (Wildman–Crippen LogP) is 13.6. The first-order valence-corrected chi connectivity index (χ1v) is 17.3. The number of rotatable bonds is 6. The van der Waals surface area contributed by atoms with E-state index in [0.717, 1.165) is 33.6 Å². The summed E-state index contributed by atoms with van der Waals surface area (Å²) in [4.78, 5) is 2.45. The first-order valence-electron chi connectivity index (χ1n) is 17.3. The van der Waals surface area contributed by atoms with Crippen LogP contribution in [0.5, 0.6) is 0 Å². The Morgan fingerprint density at radius 3 is 1.67 bits per heavy atom. The molecule has 0 aliphatic heterocycles. The van der Waals surface area contributed by atoms with Crippen molar-refractivity contribution in [2.24, 2.45) is 0 Å². The second-order valence-corrected chi connectivity index (χ2v) is 13.1. The Kier molecular flexibility index (Phi) is 7.28. The van der Waals surface area contributed by atoms with E-state index >= 15 is 0 Å². The van der Waals surface area contributed by atoms with Gasteiger partial charge in [-0.2, -0.15) is 0 Å². The van der Waals surface area contributed by atoms with Gasteiger partial charge >= 0.3 is 0 Å². The van der Waals surface area contributed by atoms with Crippen molar-refractivity contribution in [3.8, 4) is 22.3 Å². The molecule has 1 fully saturated rings. The van der Waals surface area contributed by atoms with Crippen LogP contribution in [0.15, 0.2) is 162 Å². The fourth-order valence-corrected chi connectivity index (χ4v) is 7.93. The summed E-state index contributed by atoms with van der Waals surface area (Å²) in [5.74, 6) is 0.569. The van der Waals surface area contributed by atoms with Crippen LogP contribution in [0.25, 0.3) is 55.0 Å². The maximum atomic E-state index is 6.78. The Morgan fingerprint density at radius 2 is 1.02 bits per heavy atom. The molecule has 2 heteroatoms. The molecule has 0 atom stereocenters. The van der Waals surface area contributed by atoms with Crippen LogP contribution in [0.1, 0.15) is 43.6 Å². The Hall–Kier alpha value is -5.60. The summed E-state index contributed by atoms with van der Waals surface area (Å²) in [6.07, 6.45) is 6.43. The van der Waals surface area contributed by atoms with Crippen LogP contribution in [0.4, 0.5) is 17.1 Å². The standard InChI is InChI=1S/C46H37NO/c1-4-15-32(16-5-1)35-21-12-23-37(29-35)47(38-24-13-22-36(30-38)33-17-6-2-7-18-33)43-31-42-45-39(34-19-8-3-9-20-34)27-14-28-44(45)48-46(42)41-26-11-10-25-40(41)43/h1-2,4-7,10-18,21-31,34H,3,8-9,19-20H2. The fraction of sp³-hybridized carbons (Fsp3) is 0.130. The normalized spacial score (nSPS) is 13.8. The van der Waals surface area contributed by atoms with Crippen molar-refractivity contribution in [2.75, 3.05) is 4.90 Å². The molecule has 7 aromatic carbocycles. The number of hydrogen-bond donors (Lipinski definition) is 0. The number of benzene rings is 7. The van der Waals surface area contributed by atoms with Gasteiger partial charge in [0.15, 0.2) is 0 Å². The van der Waals surface area contributed by atoms with Gasteiger partial charge < -0.3 is 9.32 Å². The van der Waals surface area contributed by atoms with Gasteiger partial charge in [-0.15, -0.1) is 0 Å². The van der Waals surface area contributed by atoms with Crippen molar-refractivity contribution in [2.45, 2.75) is 38.0 Å². The van der Waals surface area contributed by atoms with Crippen molar-refractivity contribution in [1.29, 1.82) is 0 Å². The summed E-state index contributed by atoms with van der Waals surface area (Å²) in [5.41, 5.74) is 11.6. The summed E-state index contributed by atoms with van der Waals surface area (Å²) in [6.45, 7) is 0. The number of nitrogens with zero attached hydrogens (tertiary/aromatic N) is 1. The Balaban J connectivity index is 1.33. The van der Waals surface area contributed by atoms with Crippen LogP contribution >= 0.6 is 0 Å². The minimum Gasteiger partial charge on any atom is -0.455 e. The summed E-state index contributed by atoms with van der Waals surface area (Å²) in [6, 6.07) is 57.1. The van der Waals surface area contributed by atoms with Gasteiger partial charge in [0.25, 0.3) is 0 Å². The lowest BCUT2D eigenvalue weighted by Gasteiger charge is -2.28. The molecular weight excluding hydrogens is 583 g/mol. The summed E-state index contributed by atoms with van der Waals surface area (Å²) < 4.78 is 6.78. The van der Waals surface area contributed by atoms with E-state index in [9.17, 15) is 0 Å². The molecule has 0 spiro atoms. The van der Waals surface area contributed by atoms with E-state index in [1.807, 2.05) is 0 Å². The quantitative estimate of drug-likeness (QED) is 0.184. The average molecular weight is 620 g/mol. The second-order valence-electron chi connectivity index (χ2n) is 13.1. The number of fused-ring (bicyclic) bond motifs is 5. The molecule has 48 heavy (non-hydrogen) atoms. The zero-order valence-electron chi connectivity index (χ0n) is 27.0. The van der Waals surface area contributed by atoms with E-state index in [4.69, 9.17) is 4.42 Å². The third kappa shape index (κ3) is 5.05. The highest BCUT2D eigenvalue weighted by molar-refractivity contribution is 6.20. The van der Waals surface area contributed by atoms with Gasteiger partial charge in [0.1, 0.15) is 11.2 Å². The van der Waals surface area contributed by atoms with E-state index in [1.54, 1.807) is 0 Å². The molecule has 1 heterocycles. The second kappa shape index (κ2) is 12.2. The van der Waals surface area contributed by atoms with E-state index < -0.39 is 0 Å². The molecule has 0 bridgehead atoms. The number of anilines is 3. The third-order valence-electron chi connectivity index (χ3n) is 10.2. The highest BCUT2D eigenvalue weighted by atomic mass is 16.3. The highest BCUT2D eigenvalue weighted by Gasteiger charge is 2.24. The van der Waals surface area contributed by atoms with Crippen LogP contribution in [-0.4, -0.2) is 0 Å². The van der Waals surface area contributed by atoms with E-state index in [-0.39, 0.29) is 0 Å². The smallest absolute Gasteiger partial charge is 0.143 e. The lowest BCUT2D eigenvalue weighted by atomic mass is 9.82. The summed E-state index contributed by atoms with van der Waals surface area (Å²) in [7, 11) is 0. The van der Waals surface area contributed by atoms with Crippen molar-refractivity contribution in [3.05, 3.63) is 163 Å². The molecule has 0 saturated heterocycles. The molecule has 0 radical (unpaired) electrons. The van der Waals surface area contributed by atoms with Crippen LogP contribution < -0.4 is 4.90 Å². The SMILES string of the molecule is c1ccc(-c2cccc(N(c3cccc(-c4ccccc4)c3)c3cc4c(oc5cccc(C6CCCCC6)c54)c4ccccc34)c2)cc1. The lowest BCUT2D eigenvalue weighted by Crippen LogP contribution is -2.11. The lowest BCUT2D eigenvalue weighted by molar-refractivity contribution is 0.445. The topological polar surface area (TPSA) is 16.4 Å². The van der Waals surface area contributed by atoms with Gasteiger partial charge in [-0.1, -0.05) is 141 Å². The molecule has 232 valence electrons. The van der Waals surface area contributed by atoms with E-state index in [2.05, 4.69) is 163 Å². The molecule has 0 amide bonds. The van der Waals surface area contributed by atoms with Gasteiger partial charge in [0.05, 0.1) is 5.69 Å². The predicted molar refractivity (Wildman–Crippen MR) is 203 cm³/mol. The Labute approximate surface area is 281 Å². The molecule has 1 saturated carbocycles. The summed E-state index contributed by atoms with van der Waals surface area (Å²) in [5, 5.41) is 4.78. The van der Waals surface area contributed by atoms with Crippen LogP contribution in [0.2, 0.25) is 0 Å². The number of furan rings is 1.